The van der Waals surface area contributed by atoms with Crippen molar-refractivity contribution in [3.63, 3.8) is 0 Å². The van der Waals surface area contributed by atoms with E-state index in [4.69, 9.17) is 0 Å². The minimum atomic E-state index is -0.0743. The van der Waals surface area contributed by atoms with Gasteiger partial charge in [0.2, 0.25) is 5.91 Å². The van der Waals surface area contributed by atoms with E-state index in [2.05, 4.69) is 17.1 Å². The molecule has 2 N–H and O–H groups in total. The number of H-pyrrole nitrogens is 1. The summed E-state index contributed by atoms with van der Waals surface area (Å²) < 4.78 is 0. The van der Waals surface area contributed by atoms with Gasteiger partial charge in [0.05, 0.1) is 19.2 Å². The zero-order valence-electron chi connectivity index (χ0n) is 11.3. The van der Waals surface area contributed by atoms with Crippen LogP contribution < -0.4 is 0 Å². The number of benzene rings is 1. The minimum Gasteiger partial charge on any atom is -0.394 e. The Morgan fingerprint density at radius 2 is 2.15 bits per heavy atom. The number of aromatic nitrogens is 1. The van der Waals surface area contributed by atoms with Crippen LogP contribution >= 0.6 is 0 Å². The topological polar surface area (TPSA) is 56.3 Å². The molecule has 1 aliphatic carbocycles. The minimum absolute atomic E-state index is 0.0391. The van der Waals surface area contributed by atoms with Gasteiger partial charge < -0.3 is 15.0 Å². The standard InChI is InChI=1S/C16H18N2O2/c19-9-11-7-13-12-3-1-2-4-14(12)17-15(13)8-18(11)16(20)10-5-6-10/h1-4,10-11,17,19H,5-9H2. The lowest BCUT2D eigenvalue weighted by Crippen LogP contribution is -2.46. The van der Waals surface area contributed by atoms with E-state index in [-0.39, 0.29) is 24.5 Å². The molecule has 1 aliphatic heterocycles. The first-order valence-electron chi connectivity index (χ1n) is 7.27. The van der Waals surface area contributed by atoms with Crippen LogP contribution in [-0.4, -0.2) is 33.5 Å². The molecule has 4 heteroatoms. The highest BCUT2D eigenvalue weighted by Crippen LogP contribution is 2.36. The van der Waals surface area contributed by atoms with Crippen molar-refractivity contribution in [3.05, 3.63) is 35.5 Å². The molecule has 0 bridgehead atoms. The molecular formula is C16H18N2O2. The Morgan fingerprint density at radius 3 is 2.90 bits per heavy atom. The molecule has 1 saturated carbocycles. The third-order valence-electron chi connectivity index (χ3n) is 4.53. The number of nitrogens with one attached hydrogen (secondary N) is 1. The van der Waals surface area contributed by atoms with E-state index in [1.165, 1.54) is 10.9 Å². The number of hydrogen-bond donors (Lipinski definition) is 2. The Hall–Kier alpha value is -1.81. The second-order valence-electron chi connectivity index (χ2n) is 5.91. The van der Waals surface area contributed by atoms with Crippen LogP contribution in [0, 0.1) is 5.92 Å². The molecule has 1 fully saturated rings. The molecular weight excluding hydrogens is 252 g/mol. The highest BCUT2D eigenvalue weighted by atomic mass is 16.3. The smallest absolute Gasteiger partial charge is 0.226 e. The van der Waals surface area contributed by atoms with E-state index in [0.29, 0.717) is 6.54 Å². The summed E-state index contributed by atoms with van der Waals surface area (Å²) in [4.78, 5) is 17.7. The molecule has 0 saturated heterocycles. The average Bonchev–Trinajstić information content (AvgIpc) is 3.26. The van der Waals surface area contributed by atoms with Crippen LogP contribution in [0.3, 0.4) is 0 Å². The molecule has 2 aromatic rings. The molecule has 0 radical (unpaired) electrons. The van der Waals surface area contributed by atoms with Crippen molar-refractivity contribution < 1.29 is 9.90 Å². The highest BCUT2D eigenvalue weighted by Gasteiger charge is 2.39. The van der Waals surface area contributed by atoms with Crippen molar-refractivity contribution >= 4 is 16.8 Å². The quantitative estimate of drug-likeness (QED) is 0.874. The van der Waals surface area contributed by atoms with Gasteiger partial charge in [0.1, 0.15) is 0 Å². The van der Waals surface area contributed by atoms with Gasteiger partial charge in [-0.1, -0.05) is 18.2 Å². The van der Waals surface area contributed by atoms with Crippen molar-refractivity contribution in [2.45, 2.75) is 31.8 Å². The summed E-state index contributed by atoms with van der Waals surface area (Å²) in [6.45, 7) is 0.641. The average molecular weight is 270 g/mol. The SMILES string of the molecule is O=C(C1CC1)N1Cc2[nH]c3ccccc3c2CC1CO. The molecule has 1 aromatic heterocycles. The summed E-state index contributed by atoms with van der Waals surface area (Å²) in [5, 5.41) is 10.9. The van der Waals surface area contributed by atoms with E-state index in [1.54, 1.807) is 0 Å². The maximum absolute atomic E-state index is 12.4. The normalized spacial score (nSPS) is 22.1. The highest BCUT2D eigenvalue weighted by molar-refractivity contribution is 5.86. The maximum Gasteiger partial charge on any atom is 0.226 e. The van der Waals surface area contributed by atoms with Gasteiger partial charge in [-0.25, -0.2) is 0 Å². The van der Waals surface area contributed by atoms with Gasteiger partial charge in [-0.05, 0) is 30.9 Å². The van der Waals surface area contributed by atoms with Gasteiger partial charge in [0.25, 0.3) is 0 Å². The molecule has 2 heterocycles. The number of rotatable bonds is 2. The largest absolute Gasteiger partial charge is 0.394 e. The number of para-hydroxylation sites is 1. The summed E-state index contributed by atoms with van der Waals surface area (Å²) in [5.74, 6) is 0.420. The van der Waals surface area contributed by atoms with Gasteiger partial charge in [-0.15, -0.1) is 0 Å². The van der Waals surface area contributed by atoms with Gasteiger partial charge in [0, 0.05) is 22.5 Å². The Labute approximate surface area is 117 Å². The number of aliphatic hydroxyl groups is 1. The van der Waals surface area contributed by atoms with Crippen LogP contribution in [0.2, 0.25) is 0 Å². The first-order valence-corrected chi connectivity index (χ1v) is 7.27. The number of aromatic amines is 1. The fourth-order valence-corrected chi connectivity index (χ4v) is 3.25. The van der Waals surface area contributed by atoms with Crippen LogP contribution in [0.25, 0.3) is 10.9 Å². The van der Waals surface area contributed by atoms with Crippen molar-refractivity contribution in [1.82, 2.24) is 9.88 Å². The molecule has 1 aromatic carbocycles. The van der Waals surface area contributed by atoms with Crippen LogP contribution in [0.4, 0.5) is 0 Å². The van der Waals surface area contributed by atoms with Gasteiger partial charge in [0.15, 0.2) is 0 Å². The fourth-order valence-electron chi connectivity index (χ4n) is 3.25. The Balaban J connectivity index is 1.74. The van der Waals surface area contributed by atoms with Crippen molar-refractivity contribution in [2.24, 2.45) is 5.92 Å². The van der Waals surface area contributed by atoms with Crippen LogP contribution in [0.5, 0.6) is 0 Å². The lowest BCUT2D eigenvalue weighted by molar-refractivity contribution is -0.137. The van der Waals surface area contributed by atoms with Crippen LogP contribution in [0.15, 0.2) is 24.3 Å². The van der Waals surface area contributed by atoms with Gasteiger partial charge in [-0.3, -0.25) is 4.79 Å². The monoisotopic (exact) mass is 270 g/mol. The maximum atomic E-state index is 12.4. The number of carbonyl (C=O) groups is 1. The molecule has 4 nitrogen and oxygen atoms in total. The number of carbonyl (C=O) groups excluding carboxylic acids is 1. The second-order valence-corrected chi connectivity index (χ2v) is 5.91. The van der Waals surface area contributed by atoms with E-state index >= 15 is 0 Å². The van der Waals surface area contributed by atoms with Gasteiger partial charge in [-0.2, -0.15) is 0 Å². The Bertz CT molecular complexity index is 672. The summed E-state index contributed by atoms with van der Waals surface area (Å²) in [6, 6.07) is 8.15. The zero-order chi connectivity index (χ0) is 13.7. The first kappa shape index (κ1) is 12.0. The molecule has 4 rings (SSSR count). The summed E-state index contributed by atoms with van der Waals surface area (Å²) >= 11 is 0. The van der Waals surface area contributed by atoms with Crippen molar-refractivity contribution in [2.75, 3.05) is 6.61 Å². The van der Waals surface area contributed by atoms with Crippen molar-refractivity contribution in [1.29, 1.82) is 0 Å². The molecule has 1 amide bonds. The fraction of sp³-hybridized carbons (Fsp3) is 0.438. The Morgan fingerprint density at radius 1 is 1.35 bits per heavy atom. The second kappa shape index (κ2) is 4.35. The third kappa shape index (κ3) is 1.75. The Kier molecular flexibility index (Phi) is 2.60. The lowest BCUT2D eigenvalue weighted by atomic mass is 9.96. The zero-order valence-corrected chi connectivity index (χ0v) is 11.3. The predicted octanol–water partition coefficient (Wildman–Crippen LogP) is 1.82. The predicted molar refractivity (Wildman–Crippen MR) is 76.2 cm³/mol. The number of aliphatic hydroxyl groups excluding tert-OH is 1. The van der Waals surface area contributed by atoms with E-state index in [9.17, 15) is 9.90 Å². The number of hydrogen-bond acceptors (Lipinski definition) is 2. The number of nitrogens with zero attached hydrogens (tertiary/aromatic N) is 1. The van der Waals surface area contributed by atoms with E-state index in [1.807, 2.05) is 17.0 Å². The van der Waals surface area contributed by atoms with E-state index in [0.717, 1.165) is 30.5 Å². The summed E-state index contributed by atoms with van der Waals surface area (Å²) in [7, 11) is 0. The molecule has 1 unspecified atom stereocenters. The van der Waals surface area contributed by atoms with Crippen molar-refractivity contribution in [3.8, 4) is 0 Å². The first-order chi connectivity index (χ1) is 9.78. The number of amides is 1. The lowest BCUT2D eigenvalue weighted by Gasteiger charge is -2.35. The number of fused-ring (bicyclic) bond motifs is 3. The third-order valence-corrected chi connectivity index (χ3v) is 4.53. The molecule has 0 spiro atoms. The van der Waals surface area contributed by atoms with Crippen LogP contribution in [-0.2, 0) is 17.8 Å². The van der Waals surface area contributed by atoms with Gasteiger partial charge >= 0.3 is 0 Å². The van der Waals surface area contributed by atoms with E-state index < -0.39 is 0 Å². The molecule has 2 aliphatic rings. The summed E-state index contributed by atoms with van der Waals surface area (Å²) in [5.41, 5.74) is 3.51. The molecule has 20 heavy (non-hydrogen) atoms. The van der Waals surface area contributed by atoms with Crippen LogP contribution in [0.1, 0.15) is 24.1 Å². The molecule has 104 valence electrons. The molecule has 1 atom stereocenters. The summed E-state index contributed by atoms with van der Waals surface area (Å²) in [6.07, 6.45) is 2.76.